The van der Waals surface area contributed by atoms with Gasteiger partial charge in [0.05, 0.1) is 11.5 Å². The van der Waals surface area contributed by atoms with Gasteiger partial charge < -0.3 is 5.11 Å². The molecule has 0 aliphatic heterocycles. The van der Waals surface area contributed by atoms with Crippen LogP contribution in [0.2, 0.25) is 0 Å². The molecule has 1 aromatic rings. The maximum Gasteiger partial charge on any atom is 0.169 e. The van der Waals surface area contributed by atoms with Crippen molar-refractivity contribution in [2.24, 2.45) is 11.8 Å². The maximum atomic E-state index is 13.0. The topological polar surface area (TPSA) is 37.3 Å². The van der Waals surface area contributed by atoms with Crippen molar-refractivity contribution in [1.82, 2.24) is 0 Å². The molecule has 0 spiro atoms. The molecule has 0 unspecified atom stereocenters. The molecule has 0 saturated heterocycles. The second kappa shape index (κ2) is 6.04. The lowest BCUT2D eigenvalue weighted by molar-refractivity contribution is -0.0464. The lowest BCUT2D eigenvalue weighted by Gasteiger charge is -2.42. The molecular weight excluding hydrogens is 255 g/mol. The van der Waals surface area contributed by atoms with Gasteiger partial charge in [0.2, 0.25) is 0 Å². The summed E-state index contributed by atoms with van der Waals surface area (Å²) >= 11 is 0. The van der Waals surface area contributed by atoms with Crippen molar-refractivity contribution in [2.75, 3.05) is 0 Å². The molecule has 0 radical (unpaired) electrons. The molecule has 1 aliphatic rings. The molecule has 1 aliphatic carbocycles. The standard InChI is InChI=1S/C17H23FO2/c1-3-5-12-6-4-11-17(2,20)15(12)16(19)13-7-9-14(18)10-8-13/h7-10,12,15,20H,3-6,11H2,1-2H3/t12-,15-,17-/m1/s1. The summed E-state index contributed by atoms with van der Waals surface area (Å²) in [5.74, 6) is -0.543. The Bertz CT molecular complexity index is 462. The molecule has 110 valence electrons. The number of hydrogen-bond donors (Lipinski definition) is 1. The maximum absolute atomic E-state index is 13.0. The molecule has 0 amide bonds. The summed E-state index contributed by atoms with van der Waals surface area (Å²) in [6.07, 6.45) is 4.57. The molecular formula is C17H23FO2. The van der Waals surface area contributed by atoms with Gasteiger partial charge in [-0.05, 0) is 56.4 Å². The Labute approximate surface area is 120 Å². The van der Waals surface area contributed by atoms with Gasteiger partial charge in [-0.1, -0.05) is 19.8 Å². The first-order valence-corrected chi connectivity index (χ1v) is 7.48. The van der Waals surface area contributed by atoms with E-state index in [4.69, 9.17) is 0 Å². The average Bonchev–Trinajstić information content (AvgIpc) is 2.38. The summed E-state index contributed by atoms with van der Waals surface area (Å²) in [4.78, 5) is 12.7. The van der Waals surface area contributed by atoms with E-state index in [0.717, 1.165) is 25.7 Å². The van der Waals surface area contributed by atoms with Crippen LogP contribution >= 0.6 is 0 Å². The normalized spacial score (nSPS) is 30.2. The van der Waals surface area contributed by atoms with Crippen molar-refractivity contribution in [1.29, 1.82) is 0 Å². The SMILES string of the molecule is CCC[C@@H]1CCC[C@@](C)(O)[C@H]1C(=O)c1ccc(F)cc1. The van der Waals surface area contributed by atoms with Crippen molar-refractivity contribution in [3.05, 3.63) is 35.6 Å². The molecule has 20 heavy (non-hydrogen) atoms. The fourth-order valence-corrected chi connectivity index (χ4v) is 3.52. The lowest BCUT2D eigenvalue weighted by Crippen LogP contribution is -2.47. The predicted molar refractivity (Wildman–Crippen MR) is 77.1 cm³/mol. The number of rotatable bonds is 4. The predicted octanol–water partition coefficient (Wildman–Crippen LogP) is 3.98. The average molecular weight is 278 g/mol. The minimum Gasteiger partial charge on any atom is -0.389 e. The van der Waals surface area contributed by atoms with E-state index in [1.807, 2.05) is 0 Å². The summed E-state index contributed by atoms with van der Waals surface area (Å²) in [6.45, 7) is 3.86. The van der Waals surface area contributed by atoms with Crippen LogP contribution in [0.15, 0.2) is 24.3 Å². The quantitative estimate of drug-likeness (QED) is 0.846. The summed E-state index contributed by atoms with van der Waals surface area (Å²) in [5.41, 5.74) is -0.455. The van der Waals surface area contributed by atoms with E-state index in [1.165, 1.54) is 24.3 Å². The van der Waals surface area contributed by atoms with Gasteiger partial charge in [0, 0.05) is 5.56 Å². The number of ketones is 1. The first-order chi connectivity index (χ1) is 9.45. The Morgan fingerprint density at radius 2 is 2.05 bits per heavy atom. The smallest absolute Gasteiger partial charge is 0.169 e. The number of aliphatic hydroxyl groups is 1. The lowest BCUT2D eigenvalue weighted by atomic mass is 9.65. The van der Waals surface area contributed by atoms with Gasteiger partial charge in [-0.25, -0.2) is 4.39 Å². The van der Waals surface area contributed by atoms with Gasteiger partial charge >= 0.3 is 0 Å². The van der Waals surface area contributed by atoms with E-state index in [-0.39, 0.29) is 23.4 Å². The molecule has 2 nitrogen and oxygen atoms in total. The van der Waals surface area contributed by atoms with Gasteiger partial charge in [-0.15, -0.1) is 0 Å². The second-order valence-electron chi connectivity index (χ2n) is 6.15. The molecule has 0 bridgehead atoms. The van der Waals surface area contributed by atoms with Crippen LogP contribution in [0.5, 0.6) is 0 Å². The highest BCUT2D eigenvalue weighted by atomic mass is 19.1. The Balaban J connectivity index is 2.29. The number of carbonyl (C=O) groups is 1. The summed E-state index contributed by atoms with van der Waals surface area (Å²) in [6, 6.07) is 5.65. The monoisotopic (exact) mass is 278 g/mol. The van der Waals surface area contributed by atoms with E-state index < -0.39 is 5.60 Å². The number of Topliss-reactive ketones (excluding diaryl/α,β-unsaturated/α-hetero) is 1. The zero-order valence-corrected chi connectivity index (χ0v) is 12.2. The zero-order valence-electron chi connectivity index (χ0n) is 12.2. The fourth-order valence-electron chi connectivity index (χ4n) is 3.52. The van der Waals surface area contributed by atoms with Crippen molar-refractivity contribution in [2.45, 2.75) is 51.6 Å². The van der Waals surface area contributed by atoms with Crippen LogP contribution in [0, 0.1) is 17.7 Å². The van der Waals surface area contributed by atoms with Crippen LogP contribution in [0.3, 0.4) is 0 Å². The van der Waals surface area contributed by atoms with Gasteiger partial charge in [-0.2, -0.15) is 0 Å². The first-order valence-electron chi connectivity index (χ1n) is 7.48. The van der Waals surface area contributed by atoms with Crippen LogP contribution in [0.1, 0.15) is 56.3 Å². The van der Waals surface area contributed by atoms with Crippen LogP contribution < -0.4 is 0 Å². The third-order valence-electron chi connectivity index (χ3n) is 4.47. The minimum atomic E-state index is -0.955. The van der Waals surface area contributed by atoms with E-state index in [9.17, 15) is 14.3 Å². The molecule has 3 atom stereocenters. The Morgan fingerprint density at radius 1 is 1.40 bits per heavy atom. The van der Waals surface area contributed by atoms with E-state index >= 15 is 0 Å². The Morgan fingerprint density at radius 3 is 2.65 bits per heavy atom. The van der Waals surface area contributed by atoms with E-state index in [0.29, 0.717) is 12.0 Å². The molecule has 1 saturated carbocycles. The van der Waals surface area contributed by atoms with Crippen LogP contribution in [-0.4, -0.2) is 16.5 Å². The second-order valence-corrected chi connectivity index (χ2v) is 6.15. The molecule has 3 heteroatoms. The number of benzene rings is 1. The van der Waals surface area contributed by atoms with Crippen LogP contribution in [0.25, 0.3) is 0 Å². The highest BCUT2D eigenvalue weighted by Gasteiger charge is 2.44. The molecule has 0 aromatic heterocycles. The van der Waals surface area contributed by atoms with Gasteiger partial charge in [-0.3, -0.25) is 4.79 Å². The van der Waals surface area contributed by atoms with E-state index in [2.05, 4.69) is 6.92 Å². The molecule has 1 fully saturated rings. The minimum absolute atomic E-state index is 0.0480. The zero-order chi connectivity index (χ0) is 14.8. The third-order valence-corrected chi connectivity index (χ3v) is 4.47. The van der Waals surface area contributed by atoms with Crippen molar-refractivity contribution in [3.8, 4) is 0 Å². The van der Waals surface area contributed by atoms with Crippen molar-refractivity contribution < 1.29 is 14.3 Å². The number of carbonyl (C=O) groups excluding carboxylic acids is 1. The fraction of sp³-hybridized carbons (Fsp3) is 0.588. The van der Waals surface area contributed by atoms with Crippen LogP contribution in [0.4, 0.5) is 4.39 Å². The number of hydrogen-bond acceptors (Lipinski definition) is 2. The molecule has 0 heterocycles. The van der Waals surface area contributed by atoms with Crippen molar-refractivity contribution >= 4 is 5.78 Å². The summed E-state index contributed by atoms with van der Waals surface area (Å²) in [7, 11) is 0. The Hall–Kier alpha value is -1.22. The Kier molecular flexibility index (Phi) is 4.59. The molecule has 2 rings (SSSR count). The van der Waals surface area contributed by atoms with Gasteiger partial charge in [0.25, 0.3) is 0 Å². The number of halogens is 1. The van der Waals surface area contributed by atoms with Gasteiger partial charge in [0.1, 0.15) is 5.82 Å². The highest BCUT2D eigenvalue weighted by Crippen LogP contribution is 2.41. The molecule has 1 N–H and O–H groups in total. The van der Waals surface area contributed by atoms with Crippen molar-refractivity contribution in [3.63, 3.8) is 0 Å². The first kappa shape index (κ1) is 15.2. The molecule has 1 aromatic carbocycles. The largest absolute Gasteiger partial charge is 0.389 e. The van der Waals surface area contributed by atoms with Gasteiger partial charge in [0.15, 0.2) is 5.78 Å². The van der Waals surface area contributed by atoms with E-state index in [1.54, 1.807) is 6.92 Å². The summed E-state index contributed by atoms with van der Waals surface area (Å²) < 4.78 is 13.0. The third kappa shape index (κ3) is 3.09. The highest BCUT2D eigenvalue weighted by molar-refractivity contribution is 5.98. The van der Waals surface area contributed by atoms with Crippen LogP contribution in [-0.2, 0) is 0 Å². The summed E-state index contributed by atoms with van der Waals surface area (Å²) in [5, 5.41) is 10.6.